The third kappa shape index (κ3) is 5.58. The molecule has 2 heterocycles. The minimum atomic E-state index is -3.25. The van der Waals surface area contributed by atoms with Crippen LogP contribution in [0.1, 0.15) is 41.7 Å². The van der Waals surface area contributed by atoms with Crippen molar-refractivity contribution in [3.8, 4) is 0 Å². The molecule has 2 aromatic rings. The van der Waals surface area contributed by atoms with Crippen molar-refractivity contribution in [3.05, 3.63) is 70.0 Å². The SMILES string of the molecule is C[C@H](/C=C/S(C)(=O)=O)NC(=O)c1ccc(N2CCCC2c2cc(F)ccc2Cl)nc1. The summed E-state index contributed by atoms with van der Waals surface area (Å²) in [5.41, 5.74) is 1.09. The lowest BCUT2D eigenvalue weighted by atomic mass is 10.0. The zero-order chi connectivity index (χ0) is 21.9. The maximum absolute atomic E-state index is 13.7. The minimum absolute atomic E-state index is 0.0819. The number of sulfone groups is 1. The molecule has 1 aliphatic rings. The average Bonchev–Trinajstić information content (AvgIpc) is 3.17. The summed E-state index contributed by atoms with van der Waals surface area (Å²) in [6.07, 6.45) is 5.72. The molecule has 0 saturated carbocycles. The van der Waals surface area contributed by atoms with Crippen molar-refractivity contribution in [1.82, 2.24) is 10.3 Å². The first-order valence-electron chi connectivity index (χ1n) is 9.51. The van der Waals surface area contributed by atoms with Crippen LogP contribution in [-0.4, -0.2) is 38.2 Å². The highest BCUT2D eigenvalue weighted by atomic mass is 35.5. The number of benzene rings is 1. The van der Waals surface area contributed by atoms with Gasteiger partial charge in [-0.05, 0) is 55.7 Å². The van der Waals surface area contributed by atoms with Crippen LogP contribution in [0.2, 0.25) is 5.02 Å². The average molecular weight is 452 g/mol. The fraction of sp³-hybridized carbons (Fsp3) is 0.333. The van der Waals surface area contributed by atoms with Crippen molar-refractivity contribution in [2.45, 2.75) is 31.8 Å². The van der Waals surface area contributed by atoms with Crippen molar-refractivity contribution in [2.75, 3.05) is 17.7 Å². The van der Waals surface area contributed by atoms with Crippen molar-refractivity contribution in [1.29, 1.82) is 0 Å². The molecule has 0 spiro atoms. The quantitative estimate of drug-likeness (QED) is 0.720. The van der Waals surface area contributed by atoms with Crippen LogP contribution in [0.15, 0.2) is 48.0 Å². The summed E-state index contributed by atoms with van der Waals surface area (Å²) in [6.45, 7) is 2.43. The van der Waals surface area contributed by atoms with E-state index in [2.05, 4.69) is 15.2 Å². The molecule has 6 nitrogen and oxygen atoms in total. The number of hydrogen-bond acceptors (Lipinski definition) is 5. The normalized spacial score (nSPS) is 18.0. The molecule has 1 saturated heterocycles. The Morgan fingerprint density at radius 3 is 2.80 bits per heavy atom. The second-order valence-electron chi connectivity index (χ2n) is 7.34. The van der Waals surface area contributed by atoms with E-state index in [1.807, 2.05) is 0 Å². The van der Waals surface area contributed by atoms with Gasteiger partial charge in [-0.3, -0.25) is 4.79 Å². The number of aromatic nitrogens is 1. The Kier molecular flexibility index (Phi) is 6.77. The molecule has 3 rings (SSSR count). The topological polar surface area (TPSA) is 79.4 Å². The number of halogens is 2. The first-order valence-corrected chi connectivity index (χ1v) is 11.8. The fourth-order valence-electron chi connectivity index (χ4n) is 3.42. The van der Waals surface area contributed by atoms with E-state index in [9.17, 15) is 17.6 Å². The Hall–Kier alpha value is -2.45. The highest BCUT2D eigenvalue weighted by molar-refractivity contribution is 7.93. The molecule has 1 unspecified atom stereocenters. The number of nitrogens with zero attached hydrogens (tertiary/aromatic N) is 2. The Morgan fingerprint density at radius 2 is 2.13 bits per heavy atom. The van der Waals surface area contributed by atoms with Crippen molar-refractivity contribution in [3.63, 3.8) is 0 Å². The van der Waals surface area contributed by atoms with Crippen LogP contribution in [0.25, 0.3) is 0 Å². The van der Waals surface area contributed by atoms with Gasteiger partial charge < -0.3 is 10.2 Å². The van der Waals surface area contributed by atoms with Gasteiger partial charge in [0.25, 0.3) is 5.91 Å². The minimum Gasteiger partial charge on any atom is -0.350 e. The summed E-state index contributed by atoms with van der Waals surface area (Å²) in [4.78, 5) is 18.8. The first kappa shape index (κ1) is 22.2. The van der Waals surface area contributed by atoms with E-state index < -0.39 is 15.9 Å². The molecule has 2 atom stereocenters. The maximum atomic E-state index is 13.7. The van der Waals surface area contributed by atoms with Crippen LogP contribution in [0, 0.1) is 5.82 Å². The lowest BCUT2D eigenvalue weighted by Crippen LogP contribution is -2.31. The zero-order valence-corrected chi connectivity index (χ0v) is 18.3. The van der Waals surface area contributed by atoms with Crippen molar-refractivity contribution in [2.24, 2.45) is 0 Å². The highest BCUT2D eigenvalue weighted by Gasteiger charge is 2.29. The zero-order valence-electron chi connectivity index (χ0n) is 16.7. The van der Waals surface area contributed by atoms with E-state index in [1.165, 1.54) is 24.4 Å². The lowest BCUT2D eigenvalue weighted by molar-refractivity contribution is 0.0946. The number of amides is 1. The first-order chi connectivity index (χ1) is 14.1. The Balaban J connectivity index is 1.72. The van der Waals surface area contributed by atoms with Gasteiger partial charge in [0, 0.05) is 35.5 Å². The van der Waals surface area contributed by atoms with E-state index in [-0.39, 0.29) is 17.8 Å². The summed E-state index contributed by atoms with van der Waals surface area (Å²) in [5, 5.41) is 4.28. The van der Waals surface area contributed by atoms with E-state index in [4.69, 9.17) is 11.6 Å². The molecule has 160 valence electrons. The van der Waals surface area contributed by atoms with Gasteiger partial charge in [-0.15, -0.1) is 0 Å². The smallest absolute Gasteiger partial charge is 0.253 e. The van der Waals surface area contributed by atoms with Crippen LogP contribution < -0.4 is 10.2 Å². The van der Waals surface area contributed by atoms with Crippen LogP contribution in [0.5, 0.6) is 0 Å². The summed E-state index contributed by atoms with van der Waals surface area (Å²) >= 11 is 6.29. The number of carbonyl (C=O) groups excluding carboxylic acids is 1. The second kappa shape index (κ2) is 9.14. The number of carbonyl (C=O) groups is 1. The van der Waals surface area contributed by atoms with Gasteiger partial charge in [0.1, 0.15) is 11.6 Å². The van der Waals surface area contributed by atoms with Gasteiger partial charge in [-0.25, -0.2) is 17.8 Å². The van der Waals surface area contributed by atoms with Crippen LogP contribution in [0.3, 0.4) is 0 Å². The van der Waals surface area contributed by atoms with Crippen LogP contribution >= 0.6 is 11.6 Å². The molecule has 0 radical (unpaired) electrons. The van der Waals surface area contributed by atoms with Gasteiger partial charge in [0.2, 0.25) is 0 Å². The summed E-state index contributed by atoms with van der Waals surface area (Å²) < 4.78 is 36.1. The molecule has 1 N–H and O–H groups in total. The summed E-state index contributed by atoms with van der Waals surface area (Å²) in [7, 11) is -3.25. The van der Waals surface area contributed by atoms with Gasteiger partial charge in [-0.2, -0.15) is 0 Å². The number of pyridine rings is 1. The molecule has 1 aromatic carbocycles. The fourth-order valence-corrected chi connectivity index (χ4v) is 4.19. The van der Waals surface area contributed by atoms with E-state index in [0.29, 0.717) is 16.4 Å². The van der Waals surface area contributed by atoms with E-state index in [1.54, 1.807) is 25.1 Å². The van der Waals surface area contributed by atoms with Gasteiger partial charge in [0.05, 0.1) is 11.6 Å². The predicted octanol–water partition coefficient (Wildman–Crippen LogP) is 3.89. The number of nitrogens with one attached hydrogen (secondary N) is 1. The van der Waals surface area contributed by atoms with E-state index >= 15 is 0 Å². The molecular weight excluding hydrogens is 429 g/mol. The van der Waals surface area contributed by atoms with Crippen LogP contribution in [-0.2, 0) is 9.84 Å². The third-order valence-corrected chi connectivity index (χ3v) is 5.84. The molecule has 1 aliphatic heterocycles. The lowest BCUT2D eigenvalue weighted by Gasteiger charge is -2.27. The van der Waals surface area contributed by atoms with Crippen LogP contribution in [0.4, 0.5) is 10.2 Å². The number of anilines is 1. The largest absolute Gasteiger partial charge is 0.350 e. The molecule has 30 heavy (non-hydrogen) atoms. The molecule has 1 aromatic heterocycles. The summed E-state index contributed by atoms with van der Waals surface area (Å²) in [5.74, 6) is -0.00878. The molecule has 0 aliphatic carbocycles. The molecule has 1 fully saturated rings. The molecule has 9 heteroatoms. The standard InChI is InChI=1S/C21H23ClFN3O3S/c1-14(9-11-30(2,28)29)25-21(27)15-5-8-20(24-13-15)26-10-3-4-19(26)17-12-16(23)6-7-18(17)22/h5-9,11-14,19H,3-4,10H2,1-2H3,(H,25,27)/b11-9+/t14-,19?/m1/s1. The van der Waals surface area contributed by atoms with Gasteiger partial charge in [0.15, 0.2) is 9.84 Å². The number of rotatable bonds is 6. The summed E-state index contributed by atoms with van der Waals surface area (Å²) in [6, 6.07) is 7.22. The molecular formula is C21H23ClFN3O3S. The Labute approximate surface area is 180 Å². The van der Waals surface area contributed by atoms with Crippen molar-refractivity contribution < 1.29 is 17.6 Å². The highest BCUT2D eigenvalue weighted by Crippen LogP contribution is 2.38. The Morgan fingerprint density at radius 1 is 1.37 bits per heavy atom. The second-order valence-corrected chi connectivity index (χ2v) is 9.68. The molecule has 1 amide bonds. The van der Waals surface area contributed by atoms with E-state index in [0.717, 1.165) is 36.6 Å². The van der Waals surface area contributed by atoms with Gasteiger partial charge >= 0.3 is 0 Å². The predicted molar refractivity (Wildman–Crippen MR) is 116 cm³/mol. The third-order valence-electron chi connectivity index (χ3n) is 4.85. The monoisotopic (exact) mass is 451 g/mol. The van der Waals surface area contributed by atoms with Gasteiger partial charge in [-0.1, -0.05) is 17.7 Å². The molecule has 0 bridgehead atoms. The Bertz CT molecular complexity index is 1060. The van der Waals surface area contributed by atoms with Crippen molar-refractivity contribution >= 4 is 33.2 Å². The maximum Gasteiger partial charge on any atom is 0.253 e. The number of hydrogen-bond donors (Lipinski definition) is 1.